The Bertz CT molecular complexity index is 414. The van der Waals surface area contributed by atoms with Crippen molar-refractivity contribution >= 4 is 0 Å². The zero-order valence-electron chi connectivity index (χ0n) is 12.9. The van der Waals surface area contributed by atoms with E-state index in [-0.39, 0.29) is 12.2 Å². The Morgan fingerprint density at radius 1 is 1.20 bits per heavy atom. The van der Waals surface area contributed by atoms with E-state index in [0.717, 1.165) is 30.6 Å². The average molecular weight is 276 g/mol. The lowest BCUT2D eigenvalue weighted by Gasteiger charge is -2.12. The van der Waals surface area contributed by atoms with E-state index in [1.807, 2.05) is 12.1 Å². The average Bonchev–Trinajstić information content (AvgIpc) is 2.81. The fraction of sp³-hybridized carbons (Fsp3) is 0.667. The van der Waals surface area contributed by atoms with Crippen molar-refractivity contribution in [1.82, 2.24) is 0 Å². The van der Waals surface area contributed by atoms with E-state index in [1.54, 1.807) is 0 Å². The van der Waals surface area contributed by atoms with Crippen LogP contribution < -0.4 is 4.74 Å². The molecule has 1 aliphatic heterocycles. The highest BCUT2D eigenvalue weighted by Gasteiger charge is 2.20. The molecule has 2 unspecified atom stereocenters. The Balaban J connectivity index is 1.76. The first-order valence-corrected chi connectivity index (χ1v) is 8.18. The number of aliphatic hydroxyl groups excluding tert-OH is 1. The molecule has 2 rings (SSSR count). The summed E-state index contributed by atoms with van der Waals surface area (Å²) in [6.45, 7) is 4.33. The van der Waals surface area contributed by atoms with Gasteiger partial charge in [-0.3, -0.25) is 0 Å². The van der Waals surface area contributed by atoms with E-state index in [0.29, 0.717) is 0 Å². The van der Waals surface area contributed by atoms with Crippen LogP contribution in [-0.4, -0.2) is 11.2 Å². The van der Waals surface area contributed by atoms with Crippen molar-refractivity contribution in [2.75, 3.05) is 0 Å². The van der Waals surface area contributed by atoms with Gasteiger partial charge in [-0.15, -0.1) is 0 Å². The van der Waals surface area contributed by atoms with Gasteiger partial charge in [-0.1, -0.05) is 51.5 Å². The first kappa shape index (κ1) is 15.4. The molecule has 0 fully saturated rings. The standard InChI is InChI=1S/C18H28O2/c1-3-4-5-6-7-8-9-17(19)15-10-11-18-16(13-15)12-14(2)20-18/h10-11,13-14,17,19H,3-9,12H2,1-2H3. The van der Waals surface area contributed by atoms with E-state index in [4.69, 9.17) is 4.74 Å². The summed E-state index contributed by atoms with van der Waals surface area (Å²) < 4.78 is 5.70. The lowest BCUT2D eigenvalue weighted by atomic mass is 9.99. The Kier molecular flexibility index (Phi) is 5.90. The fourth-order valence-electron chi connectivity index (χ4n) is 2.93. The van der Waals surface area contributed by atoms with Crippen LogP contribution in [0.5, 0.6) is 5.75 Å². The number of aliphatic hydroxyl groups is 1. The Hall–Kier alpha value is -1.02. The summed E-state index contributed by atoms with van der Waals surface area (Å²) in [6.07, 6.45) is 9.42. The monoisotopic (exact) mass is 276 g/mol. The summed E-state index contributed by atoms with van der Waals surface area (Å²) in [5, 5.41) is 10.3. The van der Waals surface area contributed by atoms with Crippen molar-refractivity contribution in [1.29, 1.82) is 0 Å². The van der Waals surface area contributed by atoms with Gasteiger partial charge in [0.15, 0.2) is 0 Å². The number of rotatable bonds is 8. The quantitative estimate of drug-likeness (QED) is 0.691. The second-order valence-electron chi connectivity index (χ2n) is 6.07. The van der Waals surface area contributed by atoms with Crippen molar-refractivity contribution < 1.29 is 9.84 Å². The zero-order chi connectivity index (χ0) is 14.4. The molecule has 1 aliphatic rings. The number of hydrogen-bond donors (Lipinski definition) is 1. The molecule has 1 aromatic carbocycles. The van der Waals surface area contributed by atoms with Crippen LogP contribution in [0.1, 0.15) is 76.0 Å². The smallest absolute Gasteiger partial charge is 0.123 e. The molecular weight excluding hydrogens is 248 g/mol. The van der Waals surface area contributed by atoms with Crippen molar-refractivity contribution in [3.8, 4) is 5.75 Å². The molecule has 0 amide bonds. The third-order valence-electron chi connectivity index (χ3n) is 4.14. The highest BCUT2D eigenvalue weighted by molar-refractivity contribution is 5.41. The van der Waals surface area contributed by atoms with Gasteiger partial charge in [-0.2, -0.15) is 0 Å². The van der Waals surface area contributed by atoms with Gasteiger partial charge in [0.2, 0.25) is 0 Å². The van der Waals surface area contributed by atoms with E-state index in [2.05, 4.69) is 19.9 Å². The van der Waals surface area contributed by atoms with Crippen LogP contribution in [-0.2, 0) is 6.42 Å². The summed E-state index contributed by atoms with van der Waals surface area (Å²) in [6, 6.07) is 6.15. The molecule has 2 heteroatoms. The predicted molar refractivity (Wildman–Crippen MR) is 83.2 cm³/mol. The zero-order valence-corrected chi connectivity index (χ0v) is 12.9. The van der Waals surface area contributed by atoms with Gasteiger partial charge in [-0.25, -0.2) is 0 Å². The summed E-state index contributed by atoms with van der Waals surface area (Å²) in [5.74, 6) is 0.994. The third-order valence-corrected chi connectivity index (χ3v) is 4.14. The molecule has 0 aliphatic carbocycles. The van der Waals surface area contributed by atoms with E-state index >= 15 is 0 Å². The number of unbranched alkanes of at least 4 members (excludes halogenated alkanes) is 5. The number of hydrogen-bond acceptors (Lipinski definition) is 2. The molecule has 1 heterocycles. The second-order valence-corrected chi connectivity index (χ2v) is 6.07. The second kappa shape index (κ2) is 7.68. The van der Waals surface area contributed by atoms with Crippen LogP contribution in [0.3, 0.4) is 0 Å². The highest BCUT2D eigenvalue weighted by Crippen LogP contribution is 2.32. The van der Waals surface area contributed by atoms with Crippen LogP contribution in [0.15, 0.2) is 18.2 Å². The molecule has 1 aromatic rings. The predicted octanol–water partition coefficient (Wildman–Crippen LogP) is 4.79. The summed E-state index contributed by atoms with van der Waals surface area (Å²) >= 11 is 0. The molecule has 0 saturated heterocycles. The minimum absolute atomic E-state index is 0.274. The molecule has 0 aromatic heterocycles. The van der Waals surface area contributed by atoms with Crippen molar-refractivity contribution in [2.45, 2.75) is 77.4 Å². The molecule has 0 bridgehead atoms. The topological polar surface area (TPSA) is 29.5 Å². The maximum absolute atomic E-state index is 10.3. The van der Waals surface area contributed by atoms with Crippen molar-refractivity contribution in [3.05, 3.63) is 29.3 Å². The van der Waals surface area contributed by atoms with Crippen LogP contribution in [0.25, 0.3) is 0 Å². The third kappa shape index (κ3) is 4.24. The van der Waals surface area contributed by atoms with E-state index in [1.165, 1.54) is 37.7 Å². The summed E-state index contributed by atoms with van der Waals surface area (Å²) in [5.41, 5.74) is 2.30. The number of fused-ring (bicyclic) bond motifs is 1. The Morgan fingerprint density at radius 2 is 1.95 bits per heavy atom. The lowest BCUT2D eigenvalue weighted by Crippen LogP contribution is -2.05. The van der Waals surface area contributed by atoms with Crippen LogP contribution in [0.4, 0.5) is 0 Å². The molecule has 2 atom stereocenters. The van der Waals surface area contributed by atoms with Crippen LogP contribution >= 0.6 is 0 Å². The first-order valence-electron chi connectivity index (χ1n) is 8.18. The van der Waals surface area contributed by atoms with Crippen LogP contribution in [0.2, 0.25) is 0 Å². The maximum atomic E-state index is 10.3. The number of benzene rings is 1. The molecule has 0 saturated carbocycles. The van der Waals surface area contributed by atoms with Gasteiger partial charge in [0.05, 0.1) is 6.10 Å². The van der Waals surface area contributed by atoms with Gasteiger partial charge in [0.1, 0.15) is 11.9 Å². The van der Waals surface area contributed by atoms with Gasteiger partial charge >= 0.3 is 0 Å². The molecule has 112 valence electrons. The first-order chi connectivity index (χ1) is 9.70. The highest BCUT2D eigenvalue weighted by atomic mass is 16.5. The molecule has 0 radical (unpaired) electrons. The van der Waals surface area contributed by atoms with Crippen LogP contribution in [0, 0.1) is 0 Å². The van der Waals surface area contributed by atoms with Gasteiger partial charge < -0.3 is 9.84 Å². The minimum atomic E-state index is -0.317. The number of ether oxygens (including phenoxy) is 1. The SMILES string of the molecule is CCCCCCCCC(O)c1ccc2c(c1)CC(C)O2. The molecule has 0 spiro atoms. The summed E-state index contributed by atoms with van der Waals surface area (Å²) in [7, 11) is 0. The van der Waals surface area contributed by atoms with E-state index < -0.39 is 0 Å². The van der Waals surface area contributed by atoms with Gasteiger partial charge in [0, 0.05) is 6.42 Å². The van der Waals surface area contributed by atoms with Crippen molar-refractivity contribution in [2.24, 2.45) is 0 Å². The molecular formula is C18H28O2. The maximum Gasteiger partial charge on any atom is 0.123 e. The minimum Gasteiger partial charge on any atom is -0.490 e. The molecule has 2 nitrogen and oxygen atoms in total. The normalized spacial score (nSPS) is 18.6. The van der Waals surface area contributed by atoms with Crippen molar-refractivity contribution in [3.63, 3.8) is 0 Å². The fourth-order valence-corrected chi connectivity index (χ4v) is 2.93. The van der Waals surface area contributed by atoms with E-state index in [9.17, 15) is 5.11 Å². The molecule has 20 heavy (non-hydrogen) atoms. The largest absolute Gasteiger partial charge is 0.490 e. The lowest BCUT2D eigenvalue weighted by molar-refractivity contribution is 0.163. The van der Waals surface area contributed by atoms with Gasteiger partial charge in [0.25, 0.3) is 0 Å². The Labute approximate surface area is 123 Å². The summed E-state index contributed by atoms with van der Waals surface area (Å²) in [4.78, 5) is 0. The Morgan fingerprint density at radius 3 is 2.75 bits per heavy atom. The van der Waals surface area contributed by atoms with Gasteiger partial charge in [-0.05, 0) is 36.6 Å². The molecule has 1 N–H and O–H groups in total.